The Morgan fingerprint density at radius 3 is 2.49 bits per heavy atom. The maximum absolute atomic E-state index is 14.4. The van der Waals surface area contributed by atoms with E-state index in [-0.39, 0.29) is 41.3 Å². The van der Waals surface area contributed by atoms with Gasteiger partial charge in [0.1, 0.15) is 18.1 Å². The third-order valence-corrected chi connectivity index (χ3v) is 13.6. The molecule has 4 aromatic heterocycles. The van der Waals surface area contributed by atoms with Crippen molar-refractivity contribution in [3.63, 3.8) is 0 Å². The number of pyridine rings is 1. The van der Waals surface area contributed by atoms with Crippen LogP contribution in [0.4, 0.5) is 20.3 Å². The van der Waals surface area contributed by atoms with Crippen LogP contribution in [0.15, 0.2) is 58.2 Å². The fraction of sp³-hybridized carbons (Fsp3) is 0.533. The van der Waals surface area contributed by atoms with Gasteiger partial charge in [0.15, 0.2) is 11.4 Å². The summed E-state index contributed by atoms with van der Waals surface area (Å²) in [5.74, 6) is 0.744. The number of para-hydroxylation sites is 1. The van der Waals surface area contributed by atoms with E-state index in [0.29, 0.717) is 47.7 Å². The summed E-state index contributed by atoms with van der Waals surface area (Å²) in [6.07, 6.45) is 10.0. The van der Waals surface area contributed by atoms with Gasteiger partial charge < -0.3 is 19.5 Å². The molecular weight excluding hydrogens is 813 g/mol. The number of nitrogens with one attached hydrogen (secondary N) is 2. The Morgan fingerprint density at radius 1 is 1.00 bits per heavy atom. The fourth-order valence-corrected chi connectivity index (χ4v) is 9.80. The Balaban J connectivity index is 0.772. The van der Waals surface area contributed by atoms with Crippen molar-refractivity contribution in [3.05, 3.63) is 76.4 Å². The molecule has 63 heavy (non-hydrogen) atoms. The van der Waals surface area contributed by atoms with E-state index >= 15 is 0 Å². The molecule has 0 bridgehead atoms. The first-order valence-corrected chi connectivity index (χ1v) is 22.2. The van der Waals surface area contributed by atoms with Crippen LogP contribution in [-0.2, 0) is 23.2 Å². The molecule has 0 spiro atoms. The van der Waals surface area contributed by atoms with Gasteiger partial charge in [-0.25, -0.2) is 23.5 Å². The standard InChI is InChI=1S/C45H55F2N11O5/c1-53(31-16-19-56(20-17-31)24-30-5-4-6-34-40(30)55(3)45(62)58(34)35-13-14-38(59)51-42(35)60)23-28-9-11-32(12-10-28)57-25-36(39(52-57)41(46)47)54(2)44(61)33-26-63-43(50-33)29-15-18-48-37(21-29)49-22-27-7-8-27/h4-6,15,18,21,25-28,31-32,35,41H,7-14,16-17,19-20,22-24H2,1-3H3,(H,48,49)(H,51,59,60). The number of carbonyl (C=O) groups excluding carboxylic acids is 3. The third-order valence-electron chi connectivity index (χ3n) is 13.6. The van der Waals surface area contributed by atoms with Crippen LogP contribution in [0.1, 0.15) is 104 Å². The summed E-state index contributed by atoms with van der Waals surface area (Å²) in [6.45, 7) is 4.30. The van der Waals surface area contributed by atoms with Crippen molar-refractivity contribution in [1.29, 1.82) is 0 Å². The Hall–Kier alpha value is -5.75. The van der Waals surface area contributed by atoms with E-state index in [9.17, 15) is 28.0 Å². The Morgan fingerprint density at radius 2 is 1.76 bits per heavy atom. The first-order valence-electron chi connectivity index (χ1n) is 22.2. The van der Waals surface area contributed by atoms with Gasteiger partial charge in [0, 0.05) is 64.1 Å². The number of rotatable bonds is 14. The lowest BCUT2D eigenvalue weighted by atomic mass is 9.85. The molecule has 1 unspecified atom stereocenters. The van der Waals surface area contributed by atoms with Crippen molar-refractivity contribution >= 4 is 40.3 Å². The zero-order valence-corrected chi connectivity index (χ0v) is 36.0. The first-order chi connectivity index (χ1) is 30.4. The largest absolute Gasteiger partial charge is 0.444 e. The second kappa shape index (κ2) is 17.8. The minimum atomic E-state index is -2.87. The predicted molar refractivity (Wildman–Crippen MR) is 231 cm³/mol. The number of piperidine rings is 2. The van der Waals surface area contributed by atoms with Crippen LogP contribution in [0.3, 0.4) is 0 Å². The number of likely N-dealkylation sites (tertiary alicyclic amines) is 1. The summed E-state index contributed by atoms with van der Waals surface area (Å²) in [6, 6.07) is 9.06. The summed E-state index contributed by atoms with van der Waals surface area (Å²) in [7, 11) is 5.39. The normalized spacial score (nSPS) is 21.4. The van der Waals surface area contributed by atoms with Crippen molar-refractivity contribution in [2.24, 2.45) is 18.9 Å². The number of benzene rings is 1. The fourth-order valence-electron chi connectivity index (χ4n) is 9.80. The van der Waals surface area contributed by atoms with E-state index in [1.807, 2.05) is 24.3 Å². The maximum Gasteiger partial charge on any atom is 0.329 e. The summed E-state index contributed by atoms with van der Waals surface area (Å²) in [4.78, 5) is 66.3. The highest BCUT2D eigenvalue weighted by molar-refractivity contribution is 6.04. The second-order valence-corrected chi connectivity index (χ2v) is 17.9. The molecule has 2 aliphatic heterocycles. The monoisotopic (exact) mass is 867 g/mol. The van der Waals surface area contributed by atoms with Crippen LogP contribution in [0, 0.1) is 11.8 Å². The van der Waals surface area contributed by atoms with E-state index < -0.39 is 30.0 Å². The number of hydrogen-bond donors (Lipinski definition) is 2. The number of aryl methyl sites for hydroxylation is 1. The molecule has 3 amide bonds. The number of amides is 3. The molecule has 2 saturated heterocycles. The van der Waals surface area contributed by atoms with E-state index in [4.69, 9.17) is 4.42 Å². The van der Waals surface area contributed by atoms with Crippen LogP contribution >= 0.6 is 0 Å². The van der Waals surface area contributed by atoms with Gasteiger partial charge in [-0.3, -0.25) is 38.4 Å². The Labute approximate surface area is 363 Å². The molecule has 16 nitrogen and oxygen atoms in total. The molecule has 1 atom stereocenters. The lowest BCUT2D eigenvalue weighted by Crippen LogP contribution is -2.44. The van der Waals surface area contributed by atoms with Crippen LogP contribution in [0.2, 0.25) is 0 Å². The number of halogens is 2. The molecule has 4 aliphatic rings. The van der Waals surface area contributed by atoms with Gasteiger partial charge in [0.2, 0.25) is 17.7 Å². The average molecular weight is 868 g/mol. The number of imide groups is 1. The highest BCUT2D eigenvalue weighted by Gasteiger charge is 2.34. The van der Waals surface area contributed by atoms with Crippen molar-refractivity contribution in [1.82, 2.24) is 44.0 Å². The van der Waals surface area contributed by atoms with E-state index in [2.05, 4.69) is 42.5 Å². The van der Waals surface area contributed by atoms with Crippen molar-refractivity contribution in [2.75, 3.05) is 50.5 Å². The van der Waals surface area contributed by atoms with Crippen LogP contribution in [0.5, 0.6) is 0 Å². The second-order valence-electron chi connectivity index (χ2n) is 17.9. The van der Waals surface area contributed by atoms with Crippen molar-refractivity contribution < 1.29 is 27.6 Å². The molecule has 2 saturated carbocycles. The molecule has 6 heterocycles. The summed E-state index contributed by atoms with van der Waals surface area (Å²) in [5, 5.41) is 10.0. The van der Waals surface area contributed by atoms with Crippen LogP contribution < -0.4 is 21.2 Å². The molecule has 0 radical (unpaired) electrons. The highest BCUT2D eigenvalue weighted by Crippen LogP contribution is 2.37. The molecule has 2 aliphatic carbocycles. The molecule has 18 heteroatoms. The molecule has 334 valence electrons. The predicted octanol–water partition coefficient (Wildman–Crippen LogP) is 5.93. The molecule has 4 fully saturated rings. The van der Waals surface area contributed by atoms with E-state index in [1.165, 1.54) is 35.6 Å². The Kier molecular flexibility index (Phi) is 12.0. The SMILES string of the molecule is CN(C(=O)c1coc(-c2ccnc(NCC3CC3)c2)n1)c1cn(C2CCC(CN(C)C3CCN(Cc4cccc5c4n(C)c(=O)n5C4CCC(=O)NC4=O)CC3)CC2)nc1C(F)F. The van der Waals surface area contributed by atoms with Gasteiger partial charge in [-0.05, 0) is 114 Å². The lowest BCUT2D eigenvalue weighted by Gasteiger charge is -2.39. The molecule has 1 aromatic carbocycles. The summed E-state index contributed by atoms with van der Waals surface area (Å²) < 4.78 is 39.3. The smallest absolute Gasteiger partial charge is 0.329 e. The maximum atomic E-state index is 14.4. The molecule has 5 aromatic rings. The summed E-state index contributed by atoms with van der Waals surface area (Å²) >= 11 is 0. The minimum absolute atomic E-state index is 0.00467. The lowest BCUT2D eigenvalue weighted by molar-refractivity contribution is -0.135. The number of hydrogen-bond acceptors (Lipinski definition) is 11. The first kappa shape index (κ1) is 42.5. The van der Waals surface area contributed by atoms with Gasteiger partial charge >= 0.3 is 5.69 Å². The van der Waals surface area contributed by atoms with Gasteiger partial charge in [-0.1, -0.05) is 12.1 Å². The minimum Gasteiger partial charge on any atom is -0.444 e. The highest BCUT2D eigenvalue weighted by atomic mass is 19.3. The number of nitrogens with zero attached hydrogens (tertiary/aromatic N) is 9. The Bertz CT molecular complexity index is 2540. The third kappa shape index (κ3) is 8.92. The quantitative estimate of drug-likeness (QED) is 0.127. The van der Waals surface area contributed by atoms with E-state index in [1.54, 1.807) is 34.8 Å². The zero-order valence-electron chi connectivity index (χ0n) is 36.0. The average Bonchev–Trinajstić information content (AvgIpc) is 3.67. The summed E-state index contributed by atoms with van der Waals surface area (Å²) in [5.41, 5.74) is 2.55. The van der Waals surface area contributed by atoms with Gasteiger partial charge in [-0.15, -0.1) is 0 Å². The number of oxazole rings is 1. The van der Waals surface area contributed by atoms with Crippen molar-refractivity contribution in [2.45, 2.75) is 95.3 Å². The van der Waals surface area contributed by atoms with E-state index in [0.717, 1.165) is 75.8 Å². The van der Waals surface area contributed by atoms with Crippen LogP contribution in [-0.4, -0.2) is 103 Å². The van der Waals surface area contributed by atoms with Gasteiger partial charge in [0.05, 0.1) is 22.8 Å². The number of alkyl halides is 2. The van der Waals surface area contributed by atoms with Crippen molar-refractivity contribution in [3.8, 4) is 11.5 Å². The number of aromatic nitrogens is 6. The van der Waals surface area contributed by atoms with Crippen LogP contribution in [0.25, 0.3) is 22.5 Å². The molecule has 9 rings (SSSR count). The topological polar surface area (TPSA) is 169 Å². The number of anilines is 2. The zero-order chi connectivity index (χ0) is 43.9. The molecule has 2 N–H and O–H groups in total. The number of imidazole rings is 1. The van der Waals surface area contributed by atoms with Gasteiger partial charge in [-0.2, -0.15) is 5.10 Å². The number of fused-ring (bicyclic) bond motifs is 1. The number of carbonyl (C=O) groups is 3. The molecular formula is C45H55F2N11O5. The van der Waals surface area contributed by atoms with Gasteiger partial charge in [0.25, 0.3) is 12.3 Å².